The summed E-state index contributed by atoms with van der Waals surface area (Å²) in [7, 11) is 0. The quantitative estimate of drug-likeness (QED) is 0.458. The van der Waals surface area contributed by atoms with Crippen LogP contribution in [0.4, 0.5) is 11.4 Å². The molecule has 0 aromatic heterocycles. The molecule has 0 saturated carbocycles. The predicted octanol–water partition coefficient (Wildman–Crippen LogP) is 1.26. The fourth-order valence-corrected chi connectivity index (χ4v) is 0.511. The third-order valence-corrected chi connectivity index (χ3v) is 0.996. The zero-order valence-corrected chi connectivity index (χ0v) is 5.17. The molecule has 1 aromatic carbocycles. The summed E-state index contributed by atoms with van der Waals surface area (Å²) in [6, 6.07) is 7.25. The summed E-state index contributed by atoms with van der Waals surface area (Å²) in [5, 5.41) is 0. The topological polar surface area (TPSA) is 87.0 Å². The number of benzene rings is 1. The smallest absolute Gasteiger partial charge is 0.0547 e. The van der Waals surface area contributed by atoms with Crippen LogP contribution in [0.1, 0.15) is 1.43 Å². The van der Waals surface area contributed by atoms with Crippen LogP contribution in [0.5, 0.6) is 0 Å². The fourth-order valence-electron chi connectivity index (χ4n) is 0.511. The van der Waals surface area contributed by atoms with Crippen LogP contribution in [-0.4, -0.2) is 0 Å². The van der Waals surface area contributed by atoms with Crippen LogP contribution in [0.15, 0.2) is 24.3 Å². The third-order valence-electron chi connectivity index (χ3n) is 0.996. The lowest BCUT2D eigenvalue weighted by Crippen LogP contribution is -1.91. The second-order valence-electron chi connectivity index (χ2n) is 1.63. The molecule has 0 fully saturated rings. The Morgan fingerprint density at radius 1 is 1.00 bits per heavy atom. The second-order valence-corrected chi connectivity index (χ2v) is 1.63. The van der Waals surface area contributed by atoms with Gasteiger partial charge in [0.1, 0.15) is 0 Å². The van der Waals surface area contributed by atoms with Crippen molar-refractivity contribution < 1.29 is 1.43 Å². The molecule has 0 saturated heterocycles. The number of nitrogen functional groups attached to an aromatic ring is 2. The van der Waals surface area contributed by atoms with Crippen LogP contribution in [0, 0.1) is 0 Å². The highest BCUT2D eigenvalue weighted by Gasteiger charge is 1.85. The SMILES string of the molecule is N.Nc1ccccc1N.[HH]. The van der Waals surface area contributed by atoms with Crippen molar-refractivity contribution in [2.75, 3.05) is 11.5 Å². The van der Waals surface area contributed by atoms with Gasteiger partial charge in [-0.3, -0.25) is 0 Å². The Morgan fingerprint density at radius 2 is 1.33 bits per heavy atom. The van der Waals surface area contributed by atoms with Gasteiger partial charge >= 0.3 is 0 Å². The van der Waals surface area contributed by atoms with E-state index in [1.165, 1.54) is 0 Å². The van der Waals surface area contributed by atoms with Gasteiger partial charge < -0.3 is 17.6 Å². The maximum absolute atomic E-state index is 5.39. The molecule has 0 atom stereocenters. The van der Waals surface area contributed by atoms with Gasteiger partial charge in [0, 0.05) is 1.43 Å². The maximum Gasteiger partial charge on any atom is 0.0547 e. The lowest BCUT2D eigenvalue weighted by Gasteiger charge is -1.94. The number of hydrogen-bond acceptors (Lipinski definition) is 3. The Kier molecular flexibility index (Phi) is 2.54. The summed E-state index contributed by atoms with van der Waals surface area (Å²) in [6.45, 7) is 0. The lowest BCUT2D eigenvalue weighted by atomic mass is 10.3. The molecule has 52 valence electrons. The lowest BCUT2D eigenvalue weighted by molar-refractivity contribution is 1.67. The Bertz CT molecular complexity index is 169. The molecule has 0 radical (unpaired) electrons. The summed E-state index contributed by atoms with van der Waals surface area (Å²) < 4.78 is 0. The van der Waals surface area contributed by atoms with Crippen molar-refractivity contribution in [3.8, 4) is 0 Å². The number of anilines is 2. The van der Waals surface area contributed by atoms with Crippen molar-refractivity contribution in [2.24, 2.45) is 0 Å². The zero-order chi connectivity index (χ0) is 5.98. The number of nitrogens with two attached hydrogens (primary N) is 2. The van der Waals surface area contributed by atoms with E-state index < -0.39 is 0 Å². The van der Waals surface area contributed by atoms with Gasteiger partial charge in [-0.15, -0.1) is 0 Å². The molecule has 3 heteroatoms. The Balaban J connectivity index is 0. The third kappa shape index (κ3) is 1.62. The Morgan fingerprint density at radius 3 is 1.56 bits per heavy atom. The van der Waals surface area contributed by atoms with E-state index in [9.17, 15) is 0 Å². The molecule has 7 N–H and O–H groups in total. The minimum absolute atomic E-state index is 0. The van der Waals surface area contributed by atoms with Crippen molar-refractivity contribution in [2.45, 2.75) is 0 Å². The van der Waals surface area contributed by atoms with Gasteiger partial charge in [0.2, 0.25) is 0 Å². The highest BCUT2D eigenvalue weighted by atomic mass is 14.7. The predicted molar refractivity (Wildman–Crippen MR) is 42.4 cm³/mol. The first-order valence-corrected chi connectivity index (χ1v) is 2.40. The molecule has 0 bridgehead atoms. The molecule has 1 aromatic rings. The van der Waals surface area contributed by atoms with Gasteiger partial charge in [0.25, 0.3) is 0 Å². The molecular weight excluding hydrogens is 114 g/mol. The summed E-state index contributed by atoms with van der Waals surface area (Å²) in [5.41, 5.74) is 12.1. The molecule has 0 unspecified atom stereocenters. The molecule has 1 rings (SSSR count). The summed E-state index contributed by atoms with van der Waals surface area (Å²) in [6.07, 6.45) is 0. The summed E-state index contributed by atoms with van der Waals surface area (Å²) >= 11 is 0. The van der Waals surface area contributed by atoms with Gasteiger partial charge in [-0.25, -0.2) is 0 Å². The molecule has 0 spiro atoms. The van der Waals surface area contributed by atoms with Crippen molar-refractivity contribution >= 4 is 11.4 Å². The average Bonchev–Trinajstić information content (AvgIpc) is 1.77. The number of para-hydroxylation sites is 2. The van der Waals surface area contributed by atoms with Crippen molar-refractivity contribution in [3.05, 3.63) is 24.3 Å². The van der Waals surface area contributed by atoms with Gasteiger partial charge in [-0.2, -0.15) is 0 Å². The van der Waals surface area contributed by atoms with E-state index in [2.05, 4.69) is 0 Å². The van der Waals surface area contributed by atoms with E-state index in [1.54, 1.807) is 12.1 Å². The van der Waals surface area contributed by atoms with Crippen LogP contribution in [0.3, 0.4) is 0 Å². The normalized spacial score (nSPS) is 8.00. The van der Waals surface area contributed by atoms with E-state index in [0.29, 0.717) is 11.4 Å². The monoisotopic (exact) mass is 127 g/mol. The first-order chi connectivity index (χ1) is 3.80. The van der Waals surface area contributed by atoms with Crippen molar-refractivity contribution in [1.82, 2.24) is 6.15 Å². The first kappa shape index (κ1) is 7.78. The Labute approximate surface area is 55.7 Å². The molecular formula is C6H13N3. The highest BCUT2D eigenvalue weighted by molar-refractivity contribution is 5.62. The highest BCUT2D eigenvalue weighted by Crippen LogP contribution is 2.10. The minimum atomic E-state index is 0. The first-order valence-electron chi connectivity index (χ1n) is 2.40. The molecule has 0 heterocycles. The minimum Gasteiger partial charge on any atom is -0.397 e. The molecule has 0 aliphatic rings. The van der Waals surface area contributed by atoms with Crippen LogP contribution in [0.25, 0.3) is 0 Å². The van der Waals surface area contributed by atoms with Crippen molar-refractivity contribution in [3.63, 3.8) is 0 Å². The van der Waals surface area contributed by atoms with E-state index in [0.717, 1.165) is 0 Å². The Hall–Kier alpha value is -1.22. The second kappa shape index (κ2) is 2.94. The fraction of sp³-hybridized carbons (Fsp3) is 0. The standard InChI is InChI=1S/C6H8N2.H3N.H2/c7-5-3-1-2-4-6(5)8;;/h1-4H,7-8H2;1H3;1H. The van der Waals surface area contributed by atoms with Crippen molar-refractivity contribution in [1.29, 1.82) is 0 Å². The van der Waals surface area contributed by atoms with E-state index >= 15 is 0 Å². The maximum atomic E-state index is 5.39. The number of hydrogen-bond donors (Lipinski definition) is 3. The van der Waals surface area contributed by atoms with Gasteiger partial charge in [-0.1, -0.05) is 12.1 Å². The van der Waals surface area contributed by atoms with E-state index in [4.69, 9.17) is 11.5 Å². The zero-order valence-electron chi connectivity index (χ0n) is 5.17. The number of rotatable bonds is 0. The summed E-state index contributed by atoms with van der Waals surface area (Å²) in [5.74, 6) is 0. The molecule has 0 amide bonds. The van der Waals surface area contributed by atoms with Crippen LogP contribution < -0.4 is 17.6 Å². The van der Waals surface area contributed by atoms with Gasteiger partial charge in [0.15, 0.2) is 0 Å². The molecule has 0 aliphatic carbocycles. The van der Waals surface area contributed by atoms with Gasteiger partial charge in [0.05, 0.1) is 11.4 Å². The van der Waals surface area contributed by atoms with Crippen LogP contribution in [-0.2, 0) is 0 Å². The van der Waals surface area contributed by atoms with E-state index in [-0.39, 0.29) is 7.58 Å². The average molecular weight is 127 g/mol. The van der Waals surface area contributed by atoms with E-state index in [1.807, 2.05) is 12.1 Å². The molecule has 9 heavy (non-hydrogen) atoms. The summed E-state index contributed by atoms with van der Waals surface area (Å²) in [4.78, 5) is 0. The van der Waals surface area contributed by atoms with Crippen LogP contribution >= 0.6 is 0 Å². The van der Waals surface area contributed by atoms with Crippen LogP contribution in [0.2, 0.25) is 0 Å². The molecule has 0 aliphatic heterocycles. The largest absolute Gasteiger partial charge is 0.397 e. The van der Waals surface area contributed by atoms with Gasteiger partial charge in [-0.05, 0) is 12.1 Å². The molecule has 3 nitrogen and oxygen atoms in total.